The van der Waals surface area contributed by atoms with Gasteiger partial charge in [-0.2, -0.15) is 4.31 Å². The second-order valence-electron chi connectivity index (χ2n) is 6.85. The number of nitro groups is 1. The molecule has 11 nitrogen and oxygen atoms in total. The molecule has 0 bridgehead atoms. The summed E-state index contributed by atoms with van der Waals surface area (Å²) in [6, 6.07) is 8.21. The molecule has 0 saturated carbocycles. The maximum absolute atomic E-state index is 12.9. The van der Waals surface area contributed by atoms with Crippen molar-refractivity contribution in [3.63, 3.8) is 0 Å². The van der Waals surface area contributed by atoms with Gasteiger partial charge in [-0.05, 0) is 37.3 Å². The number of nitro benzene ring substituents is 1. The molecule has 1 fully saturated rings. The molecule has 2 N–H and O–H groups in total. The third-order valence-corrected chi connectivity index (χ3v) is 6.75. The molecule has 2 aromatic rings. The van der Waals surface area contributed by atoms with E-state index in [9.17, 15) is 23.3 Å². The van der Waals surface area contributed by atoms with Crippen LogP contribution in [0, 0.1) is 10.1 Å². The van der Waals surface area contributed by atoms with Crippen molar-refractivity contribution in [2.45, 2.75) is 11.8 Å². The fourth-order valence-electron chi connectivity index (χ4n) is 3.24. The molecule has 172 valence electrons. The quantitative estimate of drug-likeness (QED) is 0.448. The Labute approximate surface area is 185 Å². The zero-order valence-corrected chi connectivity index (χ0v) is 18.5. The minimum absolute atomic E-state index is 0.0102. The molecule has 0 aliphatic carbocycles. The predicted octanol–water partition coefficient (Wildman–Crippen LogP) is 2.31. The zero-order chi connectivity index (χ0) is 23.3. The van der Waals surface area contributed by atoms with Crippen molar-refractivity contribution >= 4 is 33.0 Å². The van der Waals surface area contributed by atoms with Gasteiger partial charge in [0.2, 0.25) is 10.0 Å². The van der Waals surface area contributed by atoms with Crippen LogP contribution in [0.5, 0.6) is 5.75 Å². The first kappa shape index (κ1) is 23.4. The van der Waals surface area contributed by atoms with Crippen molar-refractivity contribution in [3.05, 3.63) is 52.1 Å². The Kier molecular flexibility index (Phi) is 7.28. The number of carbonyl (C=O) groups is 1. The number of sulfonamides is 1. The van der Waals surface area contributed by atoms with Crippen LogP contribution in [0.4, 0.5) is 17.1 Å². The van der Waals surface area contributed by atoms with Gasteiger partial charge < -0.3 is 20.1 Å². The lowest BCUT2D eigenvalue weighted by molar-refractivity contribution is -0.384. The summed E-state index contributed by atoms with van der Waals surface area (Å²) in [6.07, 6.45) is 0. The highest BCUT2D eigenvalue weighted by Gasteiger charge is 2.27. The molecule has 32 heavy (non-hydrogen) atoms. The van der Waals surface area contributed by atoms with Crippen molar-refractivity contribution in [2.24, 2.45) is 0 Å². The Morgan fingerprint density at radius 1 is 1.19 bits per heavy atom. The minimum Gasteiger partial charge on any atom is -0.495 e. The summed E-state index contributed by atoms with van der Waals surface area (Å²) < 4.78 is 37.7. The van der Waals surface area contributed by atoms with Gasteiger partial charge in [0.25, 0.3) is 11.6 Å². The van der Waals surface area contributed by atoms with Crippen LogP contribution in [0.3, 0.4) is 0 Å². The van der Waals surface area contributed by atoms with E-state index >= 15 is 0 Å². The van der Waals surface area contributed by atoms with Gasteiger partial charge in [0.05, 0.1) is 35.8 Å². The van der Waals surface area contributed by atoms with E-state index in [0.29, 0.717) is 25.4 Å². The fourth-order valence-corrected chi connectivity index (χ4v) is 4.67. The molecule has 0 aromatic heterocycles. The van der Waals surface area contributed by atoms with E-state index < -0.39 is 20.9 Å². The first-order valence-electron chi connectivity index (χ1n) is 9.87. The molecule has 12 heteroatoms. The highest BCUT2D eigenvalue weighted by atomic mass is 32.2. The largest absolute Gasteiger partial charge is 0.495 e. The maximum Gasteiger partial charge on any atom is 0.293 e. The molecular formula is C20H24N4O7S. The van der Waals surface area contributed by atoms with Crippen LogP contribution in [0.15, 0.2) is 41.3 Å². The number of nitrogens with one attached hydrogen (secondary N) is 2. The van der Waals surface area contributed by atoms with E-state index in [-0.39, 0.29) is 40.7 Å². The van der Waals surface area contributed by atoms with Crippen LogP contribution >= 0.6 is 0 Å². The van der Waals surface area contributed by atoms with Crippen molar-refractivity contribution in [1.29, 1.82) is 0 Å². The van der Waals surface area contributed by atoms with Gasteiger partial charge in [0, 0.05) is 31.3 Å². The van der Waals surface area contributed by atoms with E-state index in [1.807, 2.05) is 0 Å². The van der Waals surface area contributed by atoms with Gasteiger partial charge in [0.1, 0.15) is 11.4 Å². The van der Waals surface area contributed by atoms with Gasteiger partial charge in [0.15, 0.2) is 0 Å². The third-order valence-electron chi connectivity index (χ3n) is 4.85. The number of nitrogens with zero attached hydrogens (tertiary/aromatic N) is 2. The average molecular weight is 465 g/mol. The van der Waals surface area contributed by atoms with Crippen LogP contribution in [0.1, 0.15) is 17.3 Å². The topological polar surface area (TPSA) is 140 Å². The number of amides is 1. The average Bonchev–Trinajstić information content (AvgIpc) is 2.79. The highest BCUT2D eigenvalue weighted by Crippen LogP contribution is 2.31. The van der Waals surface area contributed by atoms with E-state index in [4.69, 9.17) is 9.47 Å². The first-order chi connectivity index (χ1) is 15.3. The minimum atomic E-state index is -3.79. The van der Waals surface area contributed by atoms with E-state index in [1.165, 1.54) is 41.7 Å². The molecule has 2 aromatic carbocycles. The Hall–Kier alpha value is -3.22. The van der Waals surface area contributed by atoms with E-state index in [2.05, 4.69) is 10.6 Å². The second-order valence-corrected chi connectivity index (χ2v) is 8.79. The molecule has 1 amide bonds. The number of rotatable bonds is 8. The fraction of sp³-hybridized carbons (Fsp3) is 0.350. The van der Waals surface area contributed by atoms with Crippen LogP contribution < -0.4 is 15.4 Å². The van der Waals surface area contributed by atoms with Crippen LogP contribution in [-0.4, -0.2) is 63.5 Å². The third kappa shape index (κ3) is 4.98. The monoisotopic (exact) mass is 464 g/mol. The van der Waals surface area contributed by atoms with Crippen LogP contribution in [-0.2, 0) is 14.8 Å². The molecule has 0 atom stereocenters. The Morgan fingerprint density at radius 3 is 2.53 bits per heavy atom. The number of ether oxygens (including phenoxy) is 2. The smallest absolute Gasteiger partial charge is 0.293 e. The molecule has 0 spiro atoms. The van der Waals surface area contributed by atoms with Crippen LogP contribution in [0.25, 0.3) is 0 Å². The lowest BCUT2D eigenvalue weighted by Gasteiger charge is -2.26. The van der Waals surface area contributed by atoms with Gasteiger partial charge in [-0.25, -0.2) is 8.42 Å². The van der Waals surface area contributed by atoms with Gasteiger partial charge in [-0.15, -0.1) is 0 Å². The number of hydrogen-bond donors (Lipinski definition) is 2. The molecule has 0 unspecified atom stereocenters. The number of morpholine rings is 1. The number of benzene rings is 2. The summed E-state index contributed by atoms with van der Waals surface area (Å²) in [4.78, 5) is 23.6. The predicted molar refractivity (Wildman–Crippen MR) is 118 cm³/mol. The summed E-state index contributed by atoms with van der Waals surface area (Å²) in [5.74, 6) is -0.395. The van der Waals surface area contributed by atoms with Gasteiger partial charge in [-0.3, -0.25) is 14.9 Å². The van der Waals surface area contributed by atoms with E-state index in [0.717, 1.165) is 6.07 Å². The normalized spacial score (nSPS) is 14.6. The standard InChI is InChI=1S/C20H24N4O7S/c1-3-21-16-6-4-14(12-18(16)24(26)27)20(25)22-17-13-15(5-7-19(17)30-2)32(28,29)23-8-10-31-11-9-23/h4-7,12-13,21H,3,8-11H2,1-2H3,(H,22,25). The number of methoxy groups -OCH3 is 1. The number of anilines is 2. The molecule has 1 heterocycles. The molecule has 1 saturated heterocycles. The van der Waals surface area contributed by atoms with Gasteiger partial charge >= 0.3 is 0 Å². The Bertz CT molecular complexity index is 1110. The van der Waals surface area contributed by atoms with Gasteiger partial charge in [-0.1, -0.05) is 0 Å². The second kappa shape index (κ2) is 9.94. The molecular weight excluding hydrogens is 440 g/mol. The van der Waals surface area contributed by atoms with Crippen molar-refractivity contribution < 1.29 is 27.6 Å². The lowest BCUT2D eigenvalue weighted by atomic mass is 10.1. The molecule has 3 rings (SSSR count). The summed E-state index contributed by atoms with van der Waals surface area (Å²) >= 11 is 0. The van der Waals surface area contributed by atoms with Crippen LogP contribution in [0.2, 0.25) is 0 Å². The lowest BCUT2D eigenvalue weighted by Crippen LogP contribution is -2.40. The summed E-state index contributed by atoms with van der Waals surface area (Å²) in [6.45, 7) is 3.36. The first-order valence-corrected chi connectivity index (χ1v) is 11.3. The summed E-state index contributed by atoms with van der Waals surface area (Å²) in [5.41, 5.74) is 0.229. The Morgan fingerprint density at radius 2 is 1.91 bits per heavy atom. The SMILES string of the molecule is CCNc1ccc(C(=O)Nc2cc(S(=O)(=O)N3CCOCC3)ccc2OC)cc1[N+](=O)[O-]. The maximum atomic E-state index is 12.9. The zero-order valence-electron chi connectivity index (χ0n) is 17.7. The highest BCUT2D eigenvalue weighted by molar-refractivity contribution is 7.89. The summed E-state index contributed by atoms with van der Waals surface area (Å²) in [7, 11) is -2.40. The van der Waals surface area contributed by atoms with E-state index in [1.54, 1.807) is 6.92 Å². The molecule has 1 aliphatic heterocycles. The Balaban J connectivity index is 1.91. The number of hydrogen-bond acceptors (Lipinski definition) is 8. The summed E-state index contributed by atoms with van der Waals surface area (Å²) in [5, 5.41) is 16.8. The molecule has 0 radical (unpaired) electrons. The van der Waals surface area contributed by atoms with Crippen molar-refractivity contribution in [2.75, 3.05) is 50.6 Å². The van der Waals surface area contributed by atoms with Crippen molar-refractivity contribution in [3.8, 4) is 5.75 Å². The number of carbonyl (C=O) groups excluding carboxylic acids is 1. The van der Waals surface area contributed by atoms with Crippen molar-refractivity contribution in [1.82, 2.24) is 4.31 Å². The molecule has 1 aliphatic rings.